The first-order valence-corrected chi connectivity index (χ1v) is 6.39. The Bertz CT molecular complexity index is 638. The number of H-pyrrole nitrogens is 1. The van der Waals surface area contributed by atoms with Gasteiger partial charge in [-0.15, -0.1) is 0 Å². The molecule has 0 aliphatic heterocycles. The SMILES string of the molecule is COCc1cc2cnc(S(C)=O)nc2[nH]c1=O. The van der Waals surface area contributed by atoms with Crippen LogP contribution in [0.15, 0.2) is 22.2 Å². The van der Waals surface area contributed by atoms with Crippen LogP contribution in [-0.2, 0) is 22.1 Å². The maximum Gasteiger partial charge on any atom is 0.255 e. The number of hydrogen-bond acceptors (Lipinski definition) is 5. The van der Waals surface area contributed by atoms with Crippen molar-refractivity contribution in [1.82, 2.24) is 15.0 Å². The van der Waals surface area contributed by atoms with E-state index in [9.17, 15) is 9.00 Å². The summed E-state index contributed by atoms with van der Waals surface area (Å²) in [6.07, 6.45) is 3.02. The number of pyridine rings is 1. The van der Waals surface area contributed by atoms with Crippen molar-refractivity contribution in [3.8, 4) is 0 Å². The molecule has 1 atom stereocenters. The van der Waals surface area contributed by atoms with Gasteiger partial charge in [0.2, 0.25) is 5.16 Å². The van der Waals surface area contributed by atoms with Crippen LogP contribution in [0.2, 0.25) is 0 Å². The predicted octanol–water partition coefficient (Wildman–Crippen LogP) is 0.202. The molecule has 17 heavy (non-hydrogen) atoms. The Labute approximate surface area is 99.5 Å². The maximum atomic E-state index is 11.6. The Balaban J connectivity index is 2.62. The highest BCUT2D eigenvalue weighted by Crippen LogP contribution is 2.09. The molecule has 0 aliphatic rings. The lowest BCUT2D eigenvalue weighted by atomic mass is 10.2. The van der Waals surface area contributed by atoms with Crippen LogP contribution in [0.1, 0.15) is 5.56 Å². The summed E-state index contributed by atoms with van der Waals surface area (Å²) < 4.78 is 16.1. The predicted molar refractivity (Wildman–Crippen MR) is 63.2 cm³/mol. The number of ether oxygens (including phenoxy) is 1. The highest BCUT2D eigenvalue weighted by atomic mass is 32.2. The van der Waals surface area contributed by atoms with E-state index >= 15 is 0 Å². The van der Waals surface area contributed by atoms with Gasteiger partial charge in [-0.05, 0) is 6.07 Å². The van der Waals surface area contributed by atoms with Crippen LogP contribution in [0.3, 0.4) is 0 Å². The van der Waals surface area contributed by atoms with E-state index in [1.54, 1.807) is 6.07 Å². The molecule has 0 amide bonds. The summed E-state index contributed by atoms with van der Waals surface area (Å²) in [5.41, 5.74) is 0.634. The van der Waals surface area contributed by atoms with Gasteiger partial charge < -0.3 is 9.72 Å². The zero-order valence-electron chi connectivity index (χ0n) is 9.39. The third-order valence-corrected chi connectivity index (χ3v) is 2.92. The topological polar surface area (TPSA) is 84.9 Å². The lowest BCUT2D eigenvalue weighted by Crippen LogP contribution is -2.14. The van der Waals surface area contributed by atoms with Gasteiger partial charge in [-0.3, -0.25) is 9.00 Å². The number of aromatic amines is 1. The molecule has 7 heteroatoms. The highest BCUT2D eigenvalue weighted by Gasteiger charge is 2.07. The third kappa shape index (κ3) is 2.40. The molecule has 6 nitrogen and oxygen atoms in total. The van der Waals surface area contributed by atoms with Crippen molar-refractivity contribution < 1.29 is 8.95 Å². The summed E-state index contributed by atoms with van der Waals surface area (Å²) in [7, 11) is 0.248. The van der Waals surface area contributed by atoms with Gasteiger partial charge in [-0.2, -0.15) is 0 Å². The molecular formula is C10H11N3O3S. The zero-order chi connectivity index (χ0) is 12.4. The molecule has 2 aromatic heterocycles. The van der Waals surface area contributed by atoms with Crippen LogP contribution >= 0.6 is 0 Å². The van der Waals surface area contributed by atoms with Crippen LogP contribution in [0.5, 0.6) is 0 Å². The van der Waals surface area contributed by atoms with Crippen molar-refractivity contribution in [2.45, 2.75) is 11.8 Å². The molecule has 0 aliphatic carbocycles. The Morgan fingerprint density at radius 1 is 1.53 bits per heavy atom. The lowest BCUT2D eigenvalue weighted by Gasteiger charge is -2.02. The molecule has 90 valence electrons. The summed E-state index contributed by atoms with van der Waals surface area (Å²) in [4.78, 5) is 22.2. The summed E-state index contributed by atoms with van der Waals surface area (Å²) in [6, 6.07) is 1.67. The first-order valence-electron chi connectivity index (χ1n) is 4.83. The molecule has 1 N–H and O–H groups in total. The number of aromatic nitrogens is 3. The minimum atomic E-state index is -1.27. The largest absolute Gasteiger partial charge is 0.380 e. The van der Waals surface area contributed by atoms with Crippen molar-refractivity contribution in [2.24, 2.45) is 0 Å². The van der Waals surface area contributed by atoms with Gasteiger partial charge in [-0.1, -0.05) is 0 Å². The summed E-state index contributed by atoms with van der Waals surface area (Å²) in [5, 5.41) is 0.887. The molecule has 0 bridgehead atoms. The number of rotatable bonds is 3. The van der Waals surface area contributed by atoms with Crippen molar-refractivity contribution in [3.05, 3.63) is 28.2 Å². The van der Waals surface area contributed by atoms with Gasteiger partial charge in [-0.25, -0.2) is 9.97 Å². The maximum absolute atomic E-state index is 11.6. The summed E-state index contributed by atoms with van der Waals surface area (Å²) in [5.74, 6) is 0. The molecule has 0 fully saturated rings. The van der Waals surface area contributed by atoms with E-state index in [-0.39, 0.29) is 17.3 Å². The Kier molecular flexibility index (Phi) is 3.30. The van der Waals surface area contributed by atoms with Gasteiger partial charge in [0.25, 0.3) is 5.56 Å². The molecule has 0 spiro atoms. The van der Waals surface area contributed by atoms with Crippen molar-refractivity contribution in [1.29, 1.82) is 0 Å². The second kappa shape index (κ2) is 4.72. The molecule has 0 saturated heterocycles. The van der Waals surface area contributed by atoms with Crippen LogP contribution in [-0.4, -0.2) is 32.5 Å². The first-order chi connectivity index (χ1) is 8.11. The molecule has 2 aromatic rings. The van der Waals surface area contributed by atoms with E-state index < -0.39 is 10.8 Å². The monoisotopic (exact) mass is 253 g/mol. The number of nitrogens with one attached hydrogen (secondary N) is 1. The van der Waals surface area contributed by atoms with E-state index in [1.165, 1.54) is 19.6 Å². The average Bonchev–Trinajstić information content (AvgIpc) is 2.29. The minimum absolute atomic E-state index is 0.202. The second-order valence-corrected chi connectivity index (χ2v) is 4.74. The fourth-order valence-corrected chi connectivity index (χ4v) is 1.84. The van der Waals surface area contributed by atoms with E-state index in [1.807, 2.05) is 0 Å². The molecule has 1 unspecified atom stereocenters. The molecule has 2 heterocycles. The van der Waals surface area contributed by atoms with Gasteiger partial charge in [0.15, 0.2) is 0 Å². The molecule has 0 radical (unpaired) electrons. The van der Waals surface area contributed by atoms with E-state index in [0.29, 0.717) is 16.6 Å². The minimum Gasteiger partial charge on any atom is -0.380 e. The normalized spacial score (nSPS) is 12.8. The number of fused-ring (bicyclic) bond motifs is 1. The third-order valence-electron chi connectivity index (χ3n) is 2.21. The lowest BCUT2D eigenvalue weighted by molar-refractivity contribution is 0.184. The smallest absolute Gasteiger partial charge is 0.255 e. The first kappa shape index (κ1) is 11.9. The summed E-state index contributed by atoms with van der Waals surface area (Å²) >= 11 is 0. The zero-order valence-corrected chi connectivity index (χ0v) is 10.2. The van der Waals surface area contributed by atoms with Crippen molar-refractivity contribution >= 4 is 21.8 Å². The fourth-order valence-electron chi connectivity index (χ4n) is 1.42. The van der Waals surface area contributed by atoms with Gasteiger partial charge in [0.1, 0.15) is 5.65 Å². The number of nitrogens with zero attached hydrogens (tertiary/aromatic N) is 2. The van der Waals surface area contributed by atoms with Crippen molar-refractivity contribution in [2.75, 3.05) is 13.4 Å². The summed E-state index contributed by atoms with van der Waals surface area (Å²) in [6.45, 7) is 0.229. The van der Waals surface area contributed by atoms with Crippen molar-refractivity contribution in [3.63, 3.8) is 0 Å². The van der Waals surface area contributed by atoms with Crippen LogP contribution in [0.4, 0.5) is 0 Å². The van der Waals surface area contributed by atoms with Crippen LogP contribution < -0.4 is 5.56 Å². The van der Waals surface area contributed by atoms with Crippen LogP contribution in [0, 0.1) is 0 Å². The second-order valence-electron chi connectivity index (χ2n) is 3.47. The van der Waals surface area contributed by atoms with E-state index in [0.717, 1.165) is 0 Å². The number of hydrogen-bond donors (Lipinski definition) is 1. The van der Waals surface area contributed by atoms with Gasteiger partial charge in [0, 0.05) is 30.5 Å². The average molecular weight is 253 g/mol. The fraction of sp³-hybridized carbons (Fsp3) is 0.300. The number of methoxy groups -OCH3 is 1. The molecule has 0 aromatic carbocycles. The Morgan fingerprint density at radius 2 is 2.29 bits per heavy atom. The highest BCUT2D eigenvalue weighted by molar-refractivity contribution is 7.84. The molecule has 2 rings (SSSR count). The Hall–Kier alpha value is -1.60. The van der Waals surface area contributed by atoms with Crippen LogP contribution in [0.25, 0.3) is 11.0 Å². The van der Waals surface area contributed by atoms with E-state index in [4.69, 9.17) is 4.74 Å². The molecular weight excluding hydrogens is 242 g/mol. The van der Waals surface area contributed by atoms with Gasteiger partial charge in [0.05, 0.1) is 17.4 Å². The Morgan fingerprint density at radius 3 is 2.94 bits per heavy atom. The standard InChI is InChI=1S/C10H11N3O3S/c1-16-5-7-3-6-4-11-10(17(2)15)13-8(6)12-9(7)14/h3-4H,5H2,1-2H3,(H,11,12,13,14). The molecule has 0 saturated carbocycles. The van der Waals surface area contributed by atoms with E-state index in [2.05, 4.69) is 15.0 Å². The quantitative estimate of drug-likeness (QED) is 0.790. The van der Waals surface area contributed by atoms with Gasteiger partial charge >= 0.3 is 0 Å².